The summed E-state index contributed by atoms with van der Waals surface area (Å²) in [5.74, 6) is 0.889. The van der Waals surface area contributed by atoms with Gasteiger partial charge in [-0.25, -0.2) is 24.9 Å². The highest BCUT2D eigenvalue weighted by Crippen LogP contribution is 2.24. The van der Waals surface area contributed by atoms with E-state index in [1.54, 1.807) is 6.07 Å². The van der Waals surface area contributed by atoms with Crippen molar-refractivity contribution in [1.82, 2.24) is 29.9 Å². The van der Waals surface area contributed by atoms with Crippen LogP contribution in [0.4, 0.5) is 11.5 Å². The molecule has 0 atom stereocenters. The van der Waals surface area contributed by atoms with Crippen LogP contribution in [-0.2, 0) is 0 Å². The third-order valence-electron chi connectivity index (χ3n) is 3.21. The number of hydrogen-bond donors (Lipinski definition) is 3. The van der Waals surface area contributed by atoms with Gasteiger partial charge in [0, 0.05) is 10.6 Å². The molecule has 4 aromatic rings. The van der Waals surface area contributed by atoms with E-state index in [1.165, 1.54) is 12.7 Å². The van der Waals surface area contributed by atoms with Crippen LogP contribution in [0.3, 0.4) is 0 Å². The van der Waals surface area contributed by atoms with Crippen LogP contribution in [-0.4, -0.2) is 29.9 Å². The van der Waals surface area contributed by atoms with Crippen molar-refractivity contribution in [3.05, 3.63) is 52.2 Å². The molecule has 8 nitrogen and oxygen atoms in total. The summed E-state index contributed by atoms with van der Waals surface area (Å²) >= 11 is 17.3. The van der Waals surface area contributed by atoms with Gasteiger partial charge >= 0.3 is 0 Å². The topological polar surface area (TPSA) is 132 Å². The molecule has 3 aromatic heterocycles. The molecule has 0 spiro atoms. The number of imidazole rings is 1. The maximum Gasteiger partial charge on any atom is 0.182 e. The van der Waals surface area contributed by atoms with E-state index in [1.807, 2.05) is 18.2 Å². The lowest BCUT2D eigenvalue weighted by Gasteiger charge is -1.96. The van der Waals surface area contributed by atoms with E-state index in [9.17, 15) is 0 Å². The van der Waals surface area contributed by atoms with Crippen molar-refractivity contribution < 1.29 is 0 Å². The average molecular weight is 410 g/mol. The Hall–Kier alpha value is -2.68. The number of benzene rings is 1. The second-order valence-corrected chi connectivity index (χ2v) is 6.07. The summed E-state index contributed by atoms with van der Waals surface area (Å²) in [6, 6.07) is 7.39. The van der Waals surface area contributed by atoms with Gasteiger partial charge in [-0.15, -0.1) is 0 Å². The molecule has 0 aliphatic carbocycles. The predicted octanol–water partition coefficient (Wildman–Crippen LogP) is 3.62. The first-order chi connectivity index (χ1) is 12.5. The number of halogens is 3. The fourth-order valence-electron chi connectivity index (χ4n) is 1.96. The van der Waals surface area contributed by atoms with Crippen molar-refractivity contribution in [3.63, 3.8) is 0 Å². The number of rotatable bonds is 1. The molecule has 0 aliphatic heterocycles. The molecular formula is C15H11Cl3N8. The summed E-state index contributed by atoms with van der Waals surface area (Å²) < 4.78 is 0. The number of hydrogen-bond acceptors (Lipinski definition) is 7. The summed E-state index contributed by atoms with van der Waals surface area (Å²) in [7, 11) is 0. The molecule has 0 radical (unpaired) electrons. The van der Waals surface area contributed by atoms with E-state index >= 15 is 0 Å². The Morgan fingerprint density at radius 2 is 1.62 bits per heavy atom. The Kier molecular flexibility index (Phi) is 5.36. The predicted molar refractivity (Wildman–Crippen MR) is 103 cm³/mol. The molecule has 1 aromatic carbocycles. The van der Waals surface area contributed by atoms with Crippen molar-refractivity contribution in [2.75, 3.05) is 11.5 Å². The van der Waals surface area contributed by atoms with Gasteiger partial charge in [0.25, 0.3) is 0 Å². The van der Waals surface area contributed by atoms with Crippen molar-refractivity contribution in [2.45, 2.75) is 0 Å². The molecule has 4 rings (SSSR count). The monoisotopic (exact) mass is 408 g/mol. The van der Waals surface area contributed by atoms with Crippen LogP contribution in [0.15, 0.2) is 36.9 Å². The van der Waals surface area contributed by atoms with Crippen LogP contribution in [0.1, 0.15) is 0 Å². The Morgan fingerprint density at radius 3 is 2.27 bits per heavy atom. The van der Waals surface area contributed by atoms with Crippen LogP contribution < -0.4 is 11.5 Å². The van der Waals surface area contributed by atoms with E-state index in [0.29, 0.717) is 27.2 Å². The lowest BCUT2D eigenvalue weighted by atomic mass is 10.2. The maximum atomic E-state index is 5.94. The van der Waals surface area contributed by atoms with Gasteiger partial charge in [0.1, 0.15) is 29.7 Å². The number of aromatic amines is 1. The van der Waals surface area contributed by atoms with Crippen LogP contribution in [0.25, 0.3) is 22.6 Å². The number of nitrogens with two attached hydrogens (primary N) is 2. The first-order valence-electron chi connectivity index (χ1n) is 7.09. The largest absolute Gasteiger partial charge is 0.393 e. The van der Waals surface area contributed by atoms with Crippen molar-refractivity contribution >= 4 is 57.5 Å². The molecule has 132 valence electrons. The minimum atomic E-state index is 0.197. The zero-order valence-corrected chi connectivity index (χ0v) is 15.3. The number of aromatic nitrogens is 6. The van der Waals surface area contributed by atoms with Gasteiger partial charge in [-0.05, 0) is 12.1 Å². The second kappa shape index (κ2) is 7.69. The molecular weight excluding hydrogens is 399 g/mol. The SMILES string of the molecule is Clc1cccc(-c2nc3ncnc(Cl)c3[nH]2)c1.Nc1ncnc(Cl)c1N. The summed E-state index contributed by atoms with van der Waals surface area (Å²) in [5, 5.41) is 1.21. The van der Waals surface area contributed by atoms with Crippen molar-refractivity contribution in [2.24, 2.45) is 0 Å². The molecule has 0 unspecified atom stereocenters. The van der Waals surface area contributed by atoms with E-state index in [0.717, 1.165) is 5.56 Å². The quantitative estimate of drug-likeness (QED) is 0.409. The van der Waals surface area contributed by atoms with E-state index < -0.39 is 0 Å². The third kappa shape index (κ3) is 3.93. The van der Waals surface area contributed by atoms with E-state index in [2.05, 4.69) is 29.9 Å². The highest BCUT2D eigenvalue weighted by Gasteiger charge is 2.09. The molecule has 26 heavy (non-hydrogen) atoms. The van der Waals surface area contributed by atoms with Crippen molar-refractivity contribution in [3.8, 4) is 11.4 Å². The van der Waals surface area contributed by atoms with E-state index in [4.69, 9.17) is 46.3 Å². The number of nitrogen functional groups attached to an aromatic ring is 2. The molecule has 0 aliphatic rings. The molecule has 0 saturated carbocycles. The van der Waals surface area contributed by atoms with Crippen molar-refractivity contribution in [1.29, 1.82) is 0 Å². The van der Waals surface area contributed by atoms with Gasteiger partial charge in [0.05, 0.1) is 0 Å². The molecule has 0 saturated heterocycles. The average Bonchev–Trinajstić information content (AvgIpc) is 3.06. The van der Waals surface area contributed by atoms with Crippen LogP contribution >= 0.6 is 34.8 Å². The number of H-pyrrole nitrogens is 1. The first kappa shape index (κ1) is 18.1. The van der Waals surface area contributed by atoms with Gasteiger partial charge in [-0.1, -0.05) is 46.9 Å². The Morgan fingerprint density at radius 1 is 0.885 bits per heavy atom. The fourth-order valence-corrected chi connectivity index (χ4v) is 2.47. The van der Waals surface area contributed by atoms with Gasteiger partial charge in [-0.2, -0.15) is 0 Å². The maximum absolute atomic E-state index is 5.94. The highest BCUT2D eigenvalue weighted by molar-refractivity contribution is 6.33. The second-order valence-electron chi connectivity index (χ2n) is 4.92. The summed E-state index contributed by atoms with van der Waals surface area (Å²) in [6.07, 6.45) is 2.64. The number of fused-ring (bicyclic) bond motifs is 1. The smallest absolute Gasteiger partial charge is 0.182 e. The minimum Gasteiger partial charge on any atom is -0.393 e. The van der Waals surface area contributed by atoms with E-state index in [-0.39, 0.29) is 16.7 Å². The Bertz CT molecular complexity index is 1050. The minimum absolute atomic E-state index is 0.197. The zero-order chi connectivity index (χ0) is 18.7. The fraction of sp³-hybridized carbons (Fsp3) is 0. The lowest BCUT2D eigenvalue weighted by Crippen LogP contribution is -1.99. The van der Waals surface area contributed by atoms with Gasteiger partial charge < -0.3 is 16.5 Å². The molecule has 11 heteroatoms. The third-order valence-corrected chi connectivity index (χ3v) is 4.03. The first-order valence-corrected chi connectivity index (χ1v) is 8.22. The van der Waals surface area contributed by atoms with Crippen LogP contribution in [0, 0.1) is 0 Å². The Labute approximate surface area is 162 Å². The number of nitrogens with zero attached hydrogens (tertiary/aromatic N) is 5. The molecule has 0 bridgehead atoms. The zero-order valence-electron chi connectivity index (χ0n) is 13.0. The van der Waals surface area contributed by atoms with Gasteiger partial charge in [-0.3, -0.25) is 0 Å². The summed E-state index contributed by atoms with van der Waals surface area (Å²) in [6.45, 7) is 0. The standard InChI is InChI=1S/C11H6Cl2N4.C4H5ClN4/c12-7-3-1-2-6(4-7)10-16-8-9(13)14-5-15-11(8)17-10;5-3-2(6)4(7)9-1-8-3/h1-5H,(H,14,15,16,17);1H,6H2,(H2,7,8,9). The summed E-state index contributed by atoms with van der Waals surface area (Å²) in [5.41, 5.74) is 12.8. The highest BCUT2D eigenvalue weighted by atomic mass is 35.5. The summed E-state index contributed by atoms with van der Waals surface area (Å²) in [4.78, 5) is 22.5. The molecule has 0 fully saturated rings. The molecule has 3 heterocycles. The molecule has 5 N–H and O–H groups in total. The number of nitrogens with one attached hydrogen (secondary N) is 1. The molecule has 0 amide bonds. The van der Waals surface area contributed by atoms with Gasteiger partial charge in [0.15, 0.2) is 21.8 Å². The van der Waals surface area contributed by atoms with Gasteiger partial charge in [0.2, 0.25) is 0 Å². The number of anilines is 2. The van der Waals surface area contributed by atoms with Crippen LogP contribution in [0.5, 0.6) is 0 Å². The van der Waals surface area contributed by atoms with Crippen LogP contribution in [0.2, 0.25) is 15.3 Å². The normalized spacial score (nSPS) is 10.4. The Balaban J connectivity index is 0.000000185. The lowest BCUT2D eigenvalue weighted by molar-refractivity contribution is 1.18.